The lowest BCUT2D eigenvalue weighted by Crippen LogP contribution is -2.38. The minimum absolute atomic E-state index is 0.113. The second kappa shape index (κ2) is 7.45. The number of para-hydroxylation sites is 1. The van der Waals surface area contributed by atoms with Crippen LogP contribution in [0, 0.1) is 0 Å². The molecule has 0 fully saturated rings. The summed E-state index contributed by atoms with van der Waals surface area (Å²) in [5.74, 6) is 0.684. The van der Waals surface area contributed by atoms with Crippen molar-refractivity contribution in [3.8, 4) is 5.75 Å². The van der Waals surface area contributed by atoms with Crippen molar-refractivity contribution in [1.82, 2.24) is 4.90 Å². The number of rotatable bonds is 6. The SMILES string of the molecule is CN(CCOc1ccccc1)C(=O)[C@H](N)c1ccccc1. The molecule has 0 spiro atoms. The molecule has 0 aliphatic rings. The van der Waals surface area contributed by atoms with E-state index in [1.54, 1.807) is 11.9 Å². The fraction of sp³-hybridized carbons (Fsp3) is 0.235. The Kier molecular flexibility index (Phi) is 5.35. The second-order valence-corrected chi connectivity index (χ2v) is 4.81. The van der Waals surface area contributed by atoms with Crippen molar-refractivity contribution >= 4 is 5.91 Å². The van der Waals surface area contributed by atoms with E-state index in [9.17, 15) is 4.79 Å². The monoisotopic (exact) mass is 284 g/mol. The predicted octanol–water partition coefficient (Wildman–Crippen LogP) is 2.22. The third-order valence-electron chi connectivity index (χ3n) is 3.24. The summed E-state index contributed by atoms with van der Waals surface area (Å²) in [5.41, 5.74) is 6.81. The van der Waals surface area contributed by atoms with Gasteiger partial charge in [0.05, 0.1) is 6.54 Å². The summed E-state index contributed by atoms with van der Waals surface area (Å²) in [6, 6.07) is 18.3. The Balaban J connectivity index is 1.82. The maximum atomic E-state index is 12.2. The molecule has 2 aromatic rings. The largest absolute Gasteiger partial charge is 0.492 e. The number of carbonyl (C=O) groups excluding carboxylic acids is 1. The van der Waals surface area contributed by atoms with Crippen molar-refractivity contribution < 1.29 is 9.53 Å². The van der Waals surface area contributed by atoms with Gasteiger partial charge >= 0.3 is 0 Å². The topological polar surface area (TPSA) is 55.6 Å². The Bertz CT molecular complexity index is 558. The summed E-state index contributed by atoms with van der Waals surface area (Å²) in [5, 5.41) is 0. The lowest BCUT2D eigenvalue weighted by Gasteiger charge is -2.21. The fourth-order valence-corrected chi connectivity index (χ4v) is 1.97. The van der Waals surface area contributed by atoms with Gasteiger partial charge in [-0.15, -0.1) is 0 Å². The zero-order valence-corrected chi connectivity index (χ0v) is 12.1. The van der Waals surface area contributed by atoms with E-state index in [4.69, 9.17) is 10.5 Å². The zero-order valence-electron chi connectivity index (χ0n) is 12.1. The van der Waals surface area contributed by atoms with Crippen molar-refractivity contribution in [2.75, 3.05) is 20.2 Å². The van der Waals surface area contributed by atoms with Gasteiger partial charge in [0.25, 0.3) is 0 Å². The average molecular weight is 284 g/mol. The van der Waals surface area contributed by atoms with E-state index in [2.05, 4.69) is 0 Å². The normalized spacial score (nSPS) is 11.7. The molecule has 4 heteroatoms. The highest BCUT2D eigenvalue weighted by molar-refractivity contribution is 5.82. The van der Waals surface area contributed by atoms with Crippen molar-refractivity contribution in [3.63, 3.8) is 0 Å². The van der Waals surface area contributed by atoms with Crippen LogP contribution in [0.4, 0.5) is 0 Å². The number of hydrogen-bond donors (Lipinski definition) is 1. The average Bonchev–Trinajstić information content (AvgIpc) is 2.55. The molecule has 0 saturated heterocycles. The van der Waals surface area contributed by atoms with E-state index >= 15 is 0 Å². The first-order chi connectivity index (χ1) is 10.2. The van der Waals surface area contributed by atoms with Crippen LogP contribution in [-0.4, -0.2) is 31.0 Å². The van der Waals surface area contributed by atoms with Crippen LogP contribution in [0.1, 0.15) is 11.6 Å². The number of carbonyl (C=O) groups is 1. The van der Waals surface area contributed by atoms with E-state index < -0.39 is 6.04 Å². The van der Waals surface area contributed by atoms with Gasteiger partial charge in [0.2, 0.25) is 5.91 Å². The maximum absolute atomic E-state index is 12.2. The lowest BCUT2D eigenvalue weighted by molar-refractivity contribution is -0.131. The standard InChI is InChI=1S/C17H20N2O2/c1-19(12-13-21-15-10-6-3-7-11-15)17(20)16(18)14-8-4-2-5-9-14/h2-11,16H,12-13,18H2,1H3/t16-/m1/s1. The minimum Gasteiger partial charge on any atom is -0.492 e. The number of ether oxygens (including phenoxy) is 1. The Labute approximate surface area is 125 Å². The summed E-state index contributed by atoms with van der Waals surface area (Å²) in [6.45, 7) is 0.933. The molecule has 2 rings (SSSR count). The smallest absolute Gasteiger partial charge is 0.243 e. The highest BCUT2D eigenvalue weighted by Gasteiger charge is 2.19. The molecule has 1 atom stereocenters. The Hall–Kier alpha value is -2.33. The Morgan fingerprint density at radius 1 is 1.10 bits per heavy atom. The highest BCUT2D eigenvalue weighted by Crippen LogP contribution is 2.12. The predicted molar refractivity (Wildman–Crippen MR) is 82.9 cm³/mol. The molecule has 0 aliphatic heterocycles. The van der Waals surface area contributed by atoms with E-state index in [0.29, 0.717) is 13.2 Å². The summed E-state index contributed by atoms with van der Waals surface area (Å²) < 4.78 is 5.58. The van der Waals surface area contributed by atoms with Crippen molar-refractivity contribution in [2.45, 2.75) is 6.04 Å². The molecule has 110 valence electrons. The van der Waals surface area contributed by atoms with Crippen molar-refractivity contribution in [2.24, 2.45) is 5.73 Å². The van der Waals surface area contributed by atoms with E-state index in [0.717, 1.165) is 11.3 Å². The summed E-state index contributed by atoms with van der Waals surface area (Å²) in [6.07, 6.45) is 0. The third-order valence-corrected chi connectivity index (χ3v) is 3.24. The Morgan fingerprint density at radius 2 is 1.67 bits per heavy atom. The van der Waals surface area contributed by atoms with Gasteiger partial charge in [0, 0.05) is 7.05 Å². The number of hydrogen-bond acceptors (Lipinski definition) is 3. The van der Waals surface area contributed by atoms with Gasteiger partial charge in [-0.3, -0.25) is 4.79 Å². The molecule has 0 radical (unpaired) electrons. The first kappa shape index (κ1) is 15.1. The molecule has 2 N–H and O–H groups in total. The van der Waals surface area contributed by atoms with Crippen LogP contribution in [0.15, 0.2) is 60.7 Å². The quantitative estimate of drug-likeness (QED) is 0.885. The summed E-state index contributed by atoms with van der Waals surface area (Å²) in [4.78, 5) is 13.8. The van der Waals surface area contributed by atoms with Crippen LogP contribution in [0.2, 0.25) is 0 Å². The maximum Gasteiger partial charge on any atom is 0.243 e. The van der Waals surface area contributed by atoms with Gasteiger partial charge in [0.15, 0.2) is 0 Å². The molecule has 0 heterocycles. The van der Waals surface area contributed by atoms with Gasteiger partial charge < -0.3 is 15.4 Å². The van der Waals surface area contributed by atoms with Crippen molar-refractivity contribution in [1.29, 1.82) is 0 Å². The van der Waals surface area contributed by atoms with E-state index in [1.807, 2.05) is 60.7 Å². The van der Waals surface area contributed by atoms with Gasteiger partial charge in [-0.25, -0.2) is 0 Å². The molecule has 0 bridgehead atoms. The molecule has 21 heavy (non-hydrogen) atoms. The summed E-state index contributed by atoms with van der Waals surface area (Å²) in [7, 11) is 1.74. The third kappa shape index (κ3) is 4.33. The lowest BCUT2D eigenvalue weighted by atomic mass is 10.1. The molecule has 0 unspecified atom stereocenters. The minimum atomic E-state index is -0.632. The van der Waals surface area contributed by atoms with Crippen molar-refractivity contribution in [3.05, 3.63) is 66.2 Å². The van der Waals surface area contributed by atoms with Gasteiger partial charge in [0.1, 0.15) is 18.4 Å². The Morgan fingerprint density at radius 3 is 2.29 bits per heavy atom. The van der Waals surface area contributed by atoms with Crippen LogP contribution >= 0.6 is 0 Å². The molecule has 4 nitrogen and oxygen atoms in total. The van der Waals surface area contributed by atoms with E-state index in [-0.39, 0.29) is 5.91 Å². The number of amides is 1. The van der Waals surface area contributed by atoms with Gasteiger partial charge in [-0.2, -0.15) is 0 Å². The van der Waals surface area contributed by atoms with Gasteiger partial charge in [-0.05, 0) is 17.7 Å². The first-order valence-corrected chi connectivity index (χ1v) is 6.92. The van der Waals surface area contributed by atoms with Crippen LogP contribution in [0.5, 0.6) is 5.75 Å². The summed E-state index contributed by atoms with van der Waals surface area (Å²) >= 11 is 0. The number of nitrogens with two attached hydrogens (primary N) is 1. The second-order valence-electron chi connectivity index (χ2n) is 4.81. The first-order valence-electron chi connectivity index (χ1n) is 6.92. The number of likely N-dealkylation sites (N-methyl/N-ethyl adjacent to an activating group) is 1. The van der Waals surface area contributed by atoms with Crippen LogP contribution < -0.4 is 10.5 Å². The molecule has 0 aromatic heterocycles. The van der Waals surface area contributed by atoms with Crippen LogP contribution in [0.25, 0.3) is 0 Å². The number of benzene rings is 2. The fourth-order valence-electron chi connectivity index (χ4n) is 1.97. The number of nitrogens with zero attached hydrogens (tertiary/aromatic N) is 1. The molecule has 0 saturated carbocycles. The van der Waals surface area contributed by atoms with Crippen LogP contribution in [0.3, 0.4) is 0 Å². The molecule has 1 amide bonds. The van der Waals surface area contributed by atoms with Crippen LogP contribution in [-0.2, 0) is 4.79 Å². The van der Waals surface area contributed by atoms with Gasteiger partial charge in [-0.1, -0.05) is 48.5 Å². The molecule has 0 aliphatic carbocycles. The zero-order chi connectivity index (χ0) is 15.1. The molecular weight excluding hydrogens is 264 g/mol. The highest BCUT2D eigenvalue weighted by atomic mass is 16.5. The molecule has 2 aromatic carbocycles. The molecular formula is C17H20N2O2. The van der Waals surface area contributed by atoms with E-state index in [1.165, 1.54) is 0 Å².